The Bertz CT molecular complexity index is 1350. The highest BCUT2D eigenvalue weighted by molar-refractivity contribution is 5.98. The average Bonchev–Trinajstić information content (AvgIpc) is 3.21. The summed E-state index contributed by atoms with van der Waals surface area (Å²) in [5, 5.41) is 4.20. The van der Waals surface area contributed by atoms with E-state index in [9.17, 15) is 19.2 Å². The summed E-state index contributed by atoms with van der Waals surface area (Å²) in [7, 11) is 0. The Morgan fingerprint density at radius 1 is 1.14 bits per heavy atom. The standard InChI is InChI=1S/C17H23N5O4.C9H11NO/c1-17(2,3)26-16(25)21-6-4-10(5-7-21)12-8-13(23)20-15-11(14(18)24)9-19-22(12)15;1-7-3-2-4-8(5-7)6-9(10)11/h8-10H,4-7H2,1-3H3,(H2,18,24)(H,20,23);2-5H,6H2,1H3,(H2,10,11). The molecule has 37 heavy (non-hydrogen) atoms. The number of hydrogen-bond acceptors (Lipinski definition) is 6. The van der Waals surface area contributed by atoms with Crippen LogP contribution in [0.3, 0.4) is 0 Å². The zero-order chi connectivity index (χ0) is 27.3. The Kier molecular flexibility index (Phi) is 8.36. The van der Waals surface area contributed by atoms with Gasteiger partial charge >= 0.3 is 6.09 Å². The van der Waals surface area contributed by atoms with Crippen molar-refractivity contribution in [3.8, 4) is 0 Å². The van der Waals surface area contributed by atoms with Crippen LogP contribution in [0.15, 0.2) is 41.3 Å². The molecule has 0 atom stereocenters. The number of aromatic amines is 1. The van der Waals surface area contributed by atoms with Gasteiger partial charge in [-0.25, -0.2) is 9.31 Å². The van der Waals surface area contributed by atoms with Gasteiger partial charge in [0, 0.05) is 25.1 Å². The van der Waals surface area contributed by atoms with Crippen molar-refractivity contribution >= 4 is 23.6 Å². The lowest BCUT2D eigenvalue weighted by molar-refractivity contribution is -0.117. The Morgan fingerprint density at radius 2 is 1.81 bits per heavy atom. The molecule has 0 radical (unpaired) electrons. The molecule has 1 aliphatic rings. The number of H-pyrrole nitrogens is 1. The SMILES string of the molecule is CC(C)(C)OC(=O)N1CCC(c2cc(=O)[nH]c3c(C(N)=O)cnn23)CC1.Cc1cccc(CC(N)=O)c1. The quantitative estimate of drug-likeness (QED) is 0.487. The van der Waals surface area contributed by atoms with E-state index in [4.69, 9.17) is 16.2 Å². The number of nitrogens with one attached hydrogen (secondary N) is 1. The van der Waals surface area contributed by atoms with Gasteiger partial charge in [0.2, 0.25) is 5.91 Å². The van der Waals surface area contributed by atoms with Gasteiger partial charge < -0.3 is 26.1 Å². The molecular weight excluding hydrogens is 476 g/mol. The van der Waals surface area contributed by atoms with Crippen LogP contribution in [0.25, 0.3) is 5.65 Å². The summed E-state index contributed by atoms with van der Waals surface area (Å²) in [5.74, 6) is -0.887. The summed E-state index contributed by atoms with van der Waals surface area (Å²) in [5.41, 5.74) is 12.8. The van der Waals surface area contributed by atoms with E-state index >= 15 is 0 Å². The third-order valence-electron chi connectivity index (χ3n) is 5.83. The van der Waals surface area contributed by atoms with Crippen LogP contribution < -0.4 is 17.0 Å². The Labute approximate surface area is 214 Å². The highest BCUT2D eigenvalue weighted by Crippen LogP contribution is 2.28. The lowest BCUT2D eigenvalue weighted by atomic mass is 9.93. The van der Waals surface area contributed by atoms with Crippen LogP contribution >= 0.6 is 0 Å². The predicted molar refractivity (Wildman–Crippen MR) is 138 cm³/mol. The first kappa shape index (κ1) is 27.4. The lowest BCUT2D eigenvalue weighted by Gasteiger charge is -2.33. The van der Waals surface area contributed by atoms with Crippen molar-refractivity contribution in [3.63, 3.8) is 0 Å². The van der Waals surface area contributed by atoms with Crippen LogP contribution in [0.4, 0.5) is 4.79 Å². The van der Waals surface area contributed by atoms with E-state index in [1.54, 1.807) is 9.42 Å². The number of fused-ring (bicyclic) bond motifs is 1. The zero-order valence-electron chi connectivity index (χ0n) is 21.6. The van der Waals surface area contributed by atoms with Gasteiger partial charge in [-0.15, -0.1) is 0 Å². The number of amides is 3. The van der Waals surface area contributed by atoms with Crippen molar-refractivity contribution in [2.75, 3.05) is 13.1 Å². The van der Waals surface area contributed by atoms with Crippen molar-refractivity contribution in [2.24, 2.45) is 11.5 Å². The molecule has 4 rings (SSSR count). The number of hydrogen-bond donors (Lipinski definition) is 3. The van der Waals surface area contributed by atoms with Gasteiger partial charge in [-0.1, -0.05) is 29.8 Å². The molecule has 0 unspecified atom stereocenters. The minimum atomic E-state index is -0.646. The number of ether oxygens (including phenoxy) is 1. The number of aromatic nitrogens is 3. The minimum absolute atomic E-state index is 0.0408. The molecule has 3 amide bonds. The number of nitrogens with zero attached hydrogens (tertiary/aromatic N) is 3. The molecule has 198 valence electrons. The predicted octanol–water partition coefficient (Wildman–Crippen LogP) is 2.26. The molecule has 3 aromatic rings. The van der Waals surface area contributed by atoms with E-state index in [1.165, 1.54) is 12.3 Å². The van der Waals surface area contributed by atoms with Gasteiger partial charge in [-0.3, -0.25) is 14.4 Å². The highest BCUT2D eigenvalue weighted by atomic mass is 16.6. The molecule has 0 saturated carbocycles. The van der Waals surface area contributed by atoms with Crippen molar-refractivity contribution in [3.05, 3.63) is 69.3 Å². The third-order valence-corrected chi connectivity index (χ3v) is 5.83. The summed E-state index contributed by atoms with van der Waals surface area (Å²) < 4.78 is 6.95. The largest absolute Gasteiger partial charge is 0.444 e. The second kappa shape index (κ2) is 11.3. The topological polar surface area (TPSA) is 166 Å². The summed E-state index contributed by atoms with van der Waals surface area (Å²) in [4.78, 5) is 50.5. The summed E-state index contributed by atoms with van der Waals surface area (Å²) >= 11 is 0. The smallest absolute Gasteiger partial charge is 0.410 e. The normalized spacial score (nSPS) is 14.1. The number of rotatable bonds is 4. The number of carbonyl (C=O) groups is 3. The van der Waals surface area contributed by atoms with E-state index < -0.39 is 11.5 Å². The van der Waals surface area contributed by atoms with Crippen molar-refractivity contribution in [1.29, 1.82) is 0 Å². The van der Waals surface area contributed by atoms with Crippen LogP contribution in [0.1, 0.15) is 66.7 Å². The van der Waals surface area contributed by atoms with Crippen molar-refractivity contribution in [1.82, 2.24) is 19.5 Å². The van der Waals surface area contributed by atoms with Gasteiger partial charge in [0.25, 0.3) is 11.5 Å². The molecule has 1 aromatic carbocycles. The van der Waals surface area contributed by atoms with E-state index in [0.717, 1.165) is 11.1 Å². The molecule has 0 spiro atoms. The van der Waals surface area contributed by atoms with E-state index in [2.05, 4.69) is 10.1 Å². The first-order valence-electron chi connectivity index (χ1n) is 12.1. The average molecular weight is 511 g/mol. The third kappa shape index (κ3) is 7.42. The molecule has 1 fully saturated rings. The maximum absolute atomic E-state index is 12.2. The molecule has 11 heteroatoms. The van der Waals surface area contributed by atoms with Gasteiger partial charge in [0.1, 0.15) is 16.8 Å². The van der Waals surface area contributed by atoms with Gasteiger partial charge in [-0.05, 0) is 46.1 Å². The van der Waals surface area contributed by atoms with Crippen molar-refractivity contribution in [2.45, 2.75) is 58.5 Å². The van der Waals surface area contributed by atoms with Crippen molar-refractivity contribution < 1.29 is 19.1 Å². The van der Waals surface area contributed by atoms with E-state index in [0.29, 0.717) is 43.7 Å². The van der Waals surface area contributed by atoms with Crippen LogP contribution in [0.5, 0.6) is 0 Å². The number of likely N-dealkylation sites (tertiary alicyclic amines) is 1. The Balaban J connectivity index is 0.000000289. The molecule has 11 nitrogen and oxygen atoms in total. The molecule has 0 aliphatic carbocycles. The van der Waals surface area contributed by atoms with Crippen LogP contribution in [-0.2, 0) is 16.0 Å². The minimum Gasteiger partial charge on any atom is -0.444 e. The number of primary amides is 2. The molecule has 3 heterocycles. The molecular formula is C26H34N6O5. The van der Waals surface area contributed by atoms with Gasteiger partial charge in [0.15, 0.2) is 0 Å². The van der Waals surface area contributed by atoms with Gasteiger partial charge in [0.05, 0.1) is 18.3 Å². The number of carbonyl (C=O) groups excluding carboxylic acids is 3. The second-order valence-corrected chi connectivity index (χ2v) is 10.1. The molecule has 1 saturated heterocycles. The second-order valence-electron chi connectivity index (χ2n) is 10.1. The molecule has 0 bridgehead atoms. The number of benzene rings is 1. The molecule has 2 aromatic heterocycles. The first-order chi connectivity index (χ1) is 17.3. The van der Waals surface area contributed by atoms with E-state index in [1.807, 2.05) is 52.0 Å². The van der Waals surface area contributed by atoms with Crippen LogP contribution in [0, 0.1) is 6.92 Å². The highest BCUT2D eigenvalue weighted by Gasteiger charge is 2.29. The zero-order valence-corrected chi connectivity index (χ0v) is 21.6. The fourth-order valence-corrected chi connectivity index (χ4v) is 4.19. The monoisotopic (exact) mass is 510 g/mol. The lowest BCUT2D eigenvalue weighted by Crippen LogP contribution is -2.41. The van der Waals surface area contributed by atoms with Crippen LogP contribution in [-0.4, -0.2) is 56.1 Å². The number of aryl methyl sites for hydroxylation is 1. The first-order valence-corrected chi connectivity index (χ1v) is 12.1. The summed E-state index contributed by atoms with van der Waals surface area (Å²) in [6.07, 6.45) is 2.70. The molecule has 5 N–H and O–H groups in total. The number of piperidine rings is 1. The fraction of sp³-hybridized carbons (Fsp3) is 0.423. The van der Waals surface area contributed by atoms with Gasteiger partial charge in [-0.2, -0.15) is 5.10 Å². The maximum atomic E-state index is 12.2. The summed E-state index contributed by atoms with van der Waals surface area (Å²) in [6.45, 7) is 8.54. The Hall–Kier alpha value is -4.15. The maximum Gasteiger partial charge on any atom is 0.410 e. The fourth-order valence-electron chi connectivity index (χ4n) is 4.19. The number of nitrogens with two attached hydrogens (primary N) is 2. The van der Waals surface area contributed by atoms with E-state index in [-0.39, 0.29) is 29.0 Å². The van der Waals surface area contributed by atoms with Crippen LogP contribution in [0.2, 0.25) is 0 Å². The Morgan fingerprint density at radius 3 is 2.38 bits per heavy atom. The summed E-state index contributed by atoms with van der Waals surface area (Å²) in [6, 6.07) is 9.26. The molecule has 1 aliphatic heterocycles.